The molecule has 1 fully saturated rings. The van der Waals surface area contributed by atoms with E-state index in [2.05, 4.69) is 10.3 Å². The van der Waals surface area contributed by atoms with Gasteiger partial charge in [0.2, 0.25) is 11.7 Å². The van der Waals surface area contributed by atoms with Gasteiger partial charge in [0.25, 0.3) is 0 Å². The number of hydrogen-bond acceptors (Lipinski definition) is 4. The lowest BCUT2D eigenvalue weighted by Crippen LogP contribution is -2.35. The fourth-order valence-corrected chi connectivity index (χ4v) is 3.35. The number of amides is 1. The van der Waals surface area contributed by atoms with Crippen molar-refractivity contribution in [2.24, 2.45) is 0 Å². The van der Waals surface area contributed by atoms with Gasteiger partial charge in [0.15, 0.2) is 6.61 Å². The number of nitrogens with one attached hydrogen (secondary N) is 2. The number of rotatable bonds is 5. The summed E-state index contributed by atoms with van der Waals surface area (Å²) in [6, 6.07) is 16.4. The van der Waals surface area contributed by atoms with E-state index in [1.165, 1.54) is 0 Å². The maximum Gasteiger partial charge on any atom is 0.329 e. The van der Waals surface area contributed by atoms with Crippen LogP contribution in [0.1, 0.15) is 23.2 Å². The highest BCUT2D eigenvalue weighted by Crippen LogP contribution is 2.30. The first-order chi connectivity index (χ1) is 13.1. The Hall–Kier alpha value is -3.41. The molecule has 2 heterocycles. The second kappa shape index (κ2) is 7.07. The van der Waals surface area contributed by atoms with E-state index in [0.717, 1.165) is 16.5 Å². The van der Waals surface area contributed by atoms with Crippen LogP contribution in [0.5, 0.6) is 0 Å². The van der Waals surface area contributed by atoms with Crippen LogP contribution in [0.2, 0.25) is 0 Å². The second-order valence-electron chi connectivity index (χ2n) is 6.48. The first-order valence-corrected chi connectivity index (χ1v) is 8.79. The van der Waals surface area contributed by atoms with Gasteiger partial charge in [0.1, 0.15) is 6.04 Å². The van der Waals surface area contributed by atoms with Crippen molar-refractivity contribution in [3.63, 3.8) is 0 Å². The monoisotopic (exact) mass is 362 g/mol. The lowest BCUT2D eigenvalue weighted by atomic mass is 10.0. The van der Waals surface area contributed by atoms with Gasteiger partial charge < -0.3 is 15.0 Å². The molecule has 0 unspecified atom stereocenters. The van der Waals surface area contributed by atoms with Crippen LogP contribution in [0.4, 0.5) is 0 Å². The highest BCUT2D eigenvalue weighted by molar-refractivity contribution is 6.14. The zero-order valence-electron chi connectivity index (χ0n) is 14.5. The molecule has 1 amide bonds. The van der Waals surface area contributed by atoms with Gasteiger partial charge in [-0.3, -0.25) is 9.59 Å². The molecule has 6 heteroatoms. The molecule has 1 atom stereocenters. The molecule has 2 aromatic carbocycles. The Labute approximate surface area is 155 Å². The molecule has 1 aromatic heterocycles. The summed E-state index contributed by atoms with van der Waals surface area (Å²) in [5.74, 6) is -1.04. The van der Waals surface area contributed by atoms with Gasteiger partial charge >= 0.3 is 5.97 Å². The minimum Gasteiger partial charge on any atom is -0.456 e. The van der Waals surface area contributed by atoms with Gasteiger partial charge in [-0.2, -0.15) is 0 Å². The molecule has 27 heavy (non-hydrogen) atoms. The minimum absolute atomic E-state index is 0.175. The molecule has 0 radical (unpaired) electrons. The van der Waals surface area contributed by atoms with Gasteiger partial charge in [-0.1, -0.05) is 48.5 Å². The summed E-state index contributed by atoms with van der Waals surface area (Å²) < 4.78 is 5.18. The first-order valence-electron chi connectivity index (χ1n) is 8.79. The van der Waals surface area contributed by atoms with E-state index in [9.17, 15) is 14.4 Å². The number of carbonyl (C=O) groups excluding carboxylic acids is 3. The molecule has 0 saturated carbocycles. The van der Waals surface area contributed by atoms with E-state index in [0.29, 0.717) is 24.1 Å². The zero-order chi connectivity index (χ0) is 18.8. The van der Waals surface area contributed by atoms with Crippen LogP contribution in [0, 0.1) is 0 Å². The number of Topliss-reactive ketones (excluding diaryl/α,β-unsaturated/α-hetero) is 1. The van der Waals surface area contributed by atoms with Crippen molar-refractivity contribution >= 4 is 28.6 Å². The minimum atomic E-state index is -0.665. The standard InChI is InChI=1S/C21H18N2O4/c24-17(12-27-21(26)16-10-11-18(25)22-16)19-14-8-4-5-9-15(14)23-20(19)13-6-2-1-3-7-13/h1-9,16,23H,10-12H2,(H,22,25)/t16-/m1/s1. The predicted octanol–water partition coefficient (Wildman–Crippen LogP) is 2.84. The van der Waals surface area contributed by atoms with E-state index in [-0.39, 0.29) is 18.3 Å². The summed E-state index contributed by atoms with van der Waals surface area (Å²) >= 11 is 0. The highest BCUT2D eigenvalue weighted by atomic mass is 16.5. The molecule has 0 spiro atoms. The number of hydrogen-bond donors (Lipinski definition) is 2. The van der Waals surface area contributed by atoms with E-state index < -0.39 is 12.0 Å². The number of H-pyrrole nitrogens is 1. The van der Waals surface area contributed by atoms with Crippen molar-refractivity contribution in [3.05, 3.63) is 60.2 Å². The number of esters is 1. The lowest BCUT2D eigenvalue weighted by molar-refractivity contribution is -0.145. The second-order valence-corrected chi connectivity index (χ2v) is 6.48. The Balaban J connectivity index is 1.61. The van der Waals surface area contributed by atoms with Gasteiger partial charge in [-0.05, 0) is 18.1 Å². The molecule has 6 nitrogen and oxygen atoms in total. The van der Waals surface area contributed by atoms with Crippen LogP contribution in [0.15, 0.2) is 54.6 Å². The van der Waals surface area contributed by atoms with Gasteiger partial charge in [-0.25, -0.2) is 4.79 Å². The van der Waals surface area contributed by atoms with E-state index in [1.807, 2.05) is 54.6 Å². The summed E-state index contributed by atoms with van der Waals surface area (Å²) in [4.78, 5) is 39.5. The number of aromatic amines is 1. The third-order valence-electron chi connectivity index (χ3n) is 4.67. The molecule has 4 rings (SSSR count). The van der Waals surface area contributed by atoms with Crippen LogP contribution in [0.25, 0.3) is 22.2 Å². The molecular formula is C21H18N2O4. The molecule has 0 bridgehead atoms. The Morgan fingerprint density at radius 1 is 1.04 bits per heavy atom. The van der Waals surface area contributed by atoms with Crippen LogP contribution < -0.4 is 5.32 Å². The molecule has 136 valence electrons. The average Bonchev–Trinajstić information content (AvgIpc) is 3.30. The maximum absolute atomic E-state index is 12.9. The molecular weight excluding hydrogens is 344 g/mol. The van der Waals surface area contributed by atoms with Gasteiger partial charge in [0.05, 0.1) is 11.3 Å². The third-order valence-corrected chi connectivity index (χ3v) is 4.67. The summed E-state index contributed by atoms with van der Waals surface area (Å²) in [6.07, 6.45) is 0.697. The Morgan fingerprint density at radius 3 is 2.52 bits per heavy atom. The quantitative estimate of drug-likeness (QED) is 0.540. The Morgan fingerprint density at radius 2 is 1.78 bits per heavy atom. The first kappa shape index (κ1) is 17.0. The fraction of sp³-hybridized carbons (Fsp3) is 0.190. The molecule has 1 aliphatic heterocycles. The topological polar surface area (TPSA) is 88.3 Å². The van der Waals surface area contributed by atoms with Crippen LogP contribution in [-0.4, -0.2) is 35.3 Å². The molecule has 1 aliphatic rings. The van der Waals surface area contributed by atoms with Crippen molar-refractivity contribution in [1.29, 1.82) is 0 Å². The number of ether oxygens (including phenoxy) is 1. The Kier molecular flexibility index (Phi) is 4.46. The summed E-state index contributed by atoms with van der Waals surface area (Å²) in [5, 5.41) is 3.33. The van der Waals surface area contributed by atoms with Crippen molar-refractivity contribution in [3.8, 4) is 11.3 Å². The summed E-state index contributed by atoms with van der Waals surface area (Å²) in [5.41, 5.74) is 2.92. The van der Waals surface area contributed by atoms with Gasteiger partial charge in [0, 0.05) is 17.3 Å². The van der Waals surface area contributed by atoms with E-state index in [1.54, 1.807) is 0 Å². The molecule has 2 N–H and O–H groups in total. The third kappa shape index (κ3) is 3.33. The van der Waals surface area contributed by atoms with E-state index in [4.69, 9.17) is 4.74 Å². The Bertz CT molecular complexity index is 1020. The number of benzene rings is 2. The number of para-hydroxylation sites is 1. The lowest BCUT2D eigenvalue weighted by Gasteiger charge is -2.10. The van der Waals surface area contributed by atoms with Gasteiger partial charge in [-0.15, -0.1) is 0 Å². The highest BCUT2D eigenvalue weighted by Gasteiger charge is 2.29. The van der Waals surface area contributed by atoms with Crippen LogP contribution in [-0.2, 0) is 14.3 Å². The fourth-order valence-electron chi connectivity index (χ4n) is 3.35. The van der Waals surface area contributed by atoms with Crippen molar-refractivity contribution < 1.29 is 19.1 Å². The molecule has 1 saturated heterocycles. The van der Waals surface area contributed by atoms with Crippen molar-refractivity contribution in [2.45, 2.75) is 18.9 Å². The smallest absolute Gasteiger partial charge is 0.329 e. The average molecular weight is 362 g/mol. The number of ketones is 1. The number of aromatic nitrogens is 1. The van der Waals surface area contributed by atoms with Crippen LogP contribution >= 0.6 is 0 Å². The SMILES string of the molecule is O=C1CC[C@H](C(=O)OCC(=O)c2c(-c3ccccc3)[nH]c3ccccc23)N1. The summed E-state index contributed by atoms with van der Waals surface area (Å²) in [6.45, 7) is -0.368. The largest absolute Gasteiger partial charge is 0.456 e. The molecule has 3 aromatic rings. The normalized spacial score (nSPS) is 16.3. The van der Waals surface area contributed by atoms with Crippen molar-refractivity contribution in [1.82, 2.24) is 10.3 Å². The predicted molar refractivity (Wildman–Crippen MR) is 100 cm³/mol. The summed E-state index contributed by atoms with van der Waals surface area (Å²) in [7, 11) is 0. The number of carbonyl (C=O) groups is 3. The molecule has 0 aliphatic carbocycles. The van der Waals surface area contributed by atoms with Crippen molar-refractivity contribution in [2.75, 3.05) is 6.61 Å². The zero-order valence-corrected chi connectivity index (χ0v) is 14.5. The van der Waals surface area contributed by atoms with Crippen LogP contribution in [0.3, 0.4) is 0 Å². The maximum atomic E-state index is 12.9. The van der Waals surface area contributed by atoms with E-state index >= 15 is 0 Å². The number of fused-ring (bicyclic) bond motifs is 1.